The number of benzene rings is 2. The highest BCUT2D eigenvalue weighted by Crippen LogP contribution is 2.22. The highest BCUT2D eigenvalue weighted by molar-refractivity contribution is 5.95. The van der Waals surface area contributed by atoms with Gasteiger partial charge in [-0.05, 0) is 31.5 Å². The lowest BCUT2D eigenvalue weighted by molar-refractivity contribution is -0.384. The van der Waals surface area contributed by atoms with Gasteiger partial charge in [0.2, 0.25) is 0 Å². The minimum atomic E-state index is -0.434. The fraction of sp³-hybridized carbons (Fsp3) is 0.235. The van der Waals surface area contributed by atoms with Crippen molar-refractivity contribution >= 4 is 17.3 Å². The average molecular weight is 313 g/mol. The number of nitro groups is 1. The molecule has 0 heterocycles. The van der Waals surface area contributed by atoms with Crippen molar-refractivity contribution in [3.8, 4) is 0 Å². The molecule has 0 saturated heterocycles. The predicted octanol–water partition coefficient (Wildman–Crippen LogP) is 3.05. The molecule has 0 aromatic heterocycles. The normalized spacial score (nSPS) is 10.2. The summed E-state index contributed by atoms with van der Waals surface area (Å²) in [6.45, 7) is 4.60. The number of amides is 1. The summed E-state index contributed by atoms with van der Waals surface area (Å²) in [5.41, 5.74) is 3.06. The van der Waals surface area contributed by atoms with Gasteiger partial charge in [-0.3, -0.25) is 14.9 Å². The Kier molecular flexibility index (Phi) is 5.30. The number of carbonyl (C=O) groups excluding carboxylic acids is 1. The smallest absolute Gasteiger partial charge is 0.292 e. The number of nitro benzene ring substituents is 1. The number of para-hydroxylation sites is 2. The molecule has 1 amide bonds. The van der Waals surface area contributed by atoms with E-state index in [1.807, 2.05) is 32.0 Å². The lowest BCUT2D eigenvalue weighted by Gasteiger charge is -2.10. The standard InChI is InChI=1S/C17H19N3O3/c1-12-7-8-13(2)14(11-12)17(21)19-10-9-18-15-5-3-4-6-16(15)20(22)23/h3-8,11,18H,9-10H2,1-2H3,(H,19,21). The maximum Gasteiger partial charge on any atom is 0.292 e. The molecule has 2 rings (SSSR count). The summed E-state index contributed by atoms with van der Waals surface area (Å²) in [6, 6.07) is 12.1. The number of carbonyl (C=O) groups is 1. The van der Waals surface area contributed by atoms with Crippen molar-refractivity contribution in [1.82, 2.24) is 5.32 Å². The summed E-state index contributed by atoms with van der Waals surface area (Å²) in [5, 5.41) is 16.7. The maximum atomic E-state index is 12.2. The van der Waals surface area contributed by atoms with Crippen LogP contribution in [0.3, 0.4) is 0 Å². The molecule has 0 atom stereocenters. The summed E-state index contributed by atoms with van der Waals surface area (Å²) in [7, 11) is 0. The zero-order valence-corrected chi connectivity index (χ0v) is 13.1. The highest BCUT2D eigenvalue weighted by atomic mass is 16.6. The first kappa shape index (κ1) is 16.5. The molecule has 0 aliphatic heterocycles. The number of hydrogen-bond donors (Lipinski definition) is 2. The van der Waals surface area contributed by atoms with E-state index >= 15 is 0 Å². The lowest BCUT2D eigenvalue weighted by Crippen LogP contribution is -2.29. The summed E-state index contributed by atoms with van der Waals surface area (Å²) >= 11 is 0. The Labute approximate surface area is 134 Å². The molecular weight excluding hydrogens is 294 g/mol. The Morgan fingerprint density at radius 3 is 2.61 bits per heavy atom. The number of rotatable bonds is 6. The van der Waals surface area contributed by atoms with E-state index in [2.05, 4.69) is 10.6 Å². The molecule has 6 heteroatoms. The molecule has 0 aliphatic carbocycles. The zero-order chi connectivity index (χ0) is 16.8. The van der Waals surface area contributed by atoms with Crippen LogP contribution in [0.1, 0.15) is 21.5 Å². The average Bonchev–Trinajstić information content (AvgIpc) is 2.53. The van der Waals surface area contributed by atoms with Crippen LogP contribution in [-0.2, 0) is 0 Å². The molecule has 0 aliphatic rings. The van der Waals surface area contributed by atoms with Gasteiger partial charge in [-0.15, -0.1) is 0 Å². The molecule has 23 heavy (non-hydrogen) atoms. The Balaban J connectivity index is 1.90. The van der Waals surface area contributed by atoms with Crippen LogP contribution in [0.25, 0.3) is 0 Å². The van der Waals surface area contributed by atoms with Crippen LogP contribution in [-0.4, -0.2) is 23.9 Å². The Morgan fingerprint density at radius 1 is 1.13 bits per heavy atom. The Bertz CT molecular complexity index is 729. The first-order valence-electron chi connectivity index (χ1n) is 7.32. The van der Waals surface area contributed by atoms with Crippen LogP contribution in [0.4, 0.5) is 11.4 Å². The Hall–Kier alpha value is -2.89. The van der Waals surface area contributed by atoms with Crippen molar-refractivity contribution in [3.63, 3.8) is 0 Å². The molecular formula is C17H19N3O3. The first-order valence-corrected chi connectivity index (χ1v) is 7.32. The van der Waals surface area contributed by atoms with Crippen molar-refractivity contribution in [1.29, 1.82) is 0 Å². The van der Waals surface area contributed by atoms with Crippen molar-refractivity contribution in [2.24, 2.45) is 0 Å². The summed E-state index contributed by atoms with van der Waals surface area (Å²) in [6.07, 6.45) is 0. The summed E-state index contributed by atoms with van der Waals surface area (Å²) in [4.78, 5) is 22.6. The predicted molar refractivity (Wildman–Crippen MR) is 89.8 cm³/mol. The SMILES string of the molecule is Cc1ccc(C)c(C(=O)NCCNc2ccccc2[N+](=O)[O-])c1. The Morgan fingerprint density at radius 2 is 1.87 bits per heavy atom. The van der Waals surface area contributed by atoms with Gasteiger partial charge >= 0.3 is 0 Å². The van der Waals surface area contributed by atoms with Gasteiger partial charge in [0.05, 0.1) is 4.92 Å². The van der Waals surface area contributed by atoms with Gasteiger partial charge in [0.15, 0.2) is 0 Å². The van der Waals surface area contributed by atoms with Gasteiger partial charge in [-0.2, -0.15) is 0 Å². The molecule has 2 N–H and O–H groups in total. The number of nitrogens with zero attached hydrogens (tertiary/aromatic N) is 1. The van der Waals surface area contributed by atoms with Crippen molar-refractivity contribution in [2.45, 2.75) is 13.8 Å². The maximum absolute atomic E-state index is 12.2. The van der Waals surface area contributed by atoms with Gasteiger partial charge in [0.25, 0.3) is 11.6 Å². The van der Waals surface area contributed by atoms with Crippen LogP contribution in [0, 0.1) is 24.0 Å². The minimum Gasteiger partial charge on any atom is -0.378 e. The molecule has 6 nitrogen and oxygen atoms in total. The second kappa shape index (κ2) is 7.40. The zero-order valence-electron chi connectivity index (χ0n) is 13.1. The van der Waals surface area contributed by atoms with E-state index in [1.165, 1.54) is 6.07 Å². The fourth-order valence-electron chi connectivity index (χ4n) is 2.23. The van der Waals surface area contributed by atoms with Crippen LogP contribution >= 0.6 is 0 Å². The van der Waals surface area contributed by atoms with Crippen molar-refractivity contribution in [2.75, 3.05) is 18.4 Å². The van der Waals surface area contributed by atoms with Crippen LogP contribution in [0.5, 0.6) is 0 Å². The van der Waals surface area contributed by atoms with E-state index < -0.39 is 4.92 Å². The van der Waals surface area contributed by atoms with Crippen LogP contribution in [0.15, 0.2) is 42.5 Å². The van der Waals surface area contributed by atoms with E-state index in [0.29, 0.717) is 24.3 Å². The molecule has 0 bridgehead atoms. The molecule has 2 aromatic carbocycles. The topological polar surface area (TPSA) is 84.3 Å². The third kappa shape index (κ3) is 4.29. The summed E-state index contributed by atoms with van der Waals surface area (Å²) < 4.78 is 0. The van der Waals surface area contributed by atoms with E-state index in [1.54, 1.807) is 18.2 Å². The monoisotopic (exact) mass is 313 g/mol. The quantitative estimate of drug-likeness (QED) is 0.488. The van der Waals surface area contributed by atoms with E-state index in [0.717, 1.165) is 11.1 Å². The number of anilines is 1. The molecule has 0 fully saturated rings. The molecule has 0 saturated carbocycles. The number of nitrogens with one attached hydrogen (secondary N) is 2. The van der Waals surface area contributed by atoms with Crippen LogP contribution in [0.2, 0.25) is 0 Å². The van der Waals surface area contributed by atoms with E-state index in [4.69, 9.17) is 0 Å². The molecule has 0 spiro atoms. The third-order valence-electron chi connectivity index (χ3n) is 3.46. The first-order chi connectivity index (χ1) is 11.0. The molecule has 2 aromatic rings. The largest absolute Gasteiger partial charge is 0.378 e. The third-order valence-corrected chi connectivity index (χ3v) is 3.46. The fourth-order valence-corrected chi connectivity index (χ4v) is 2.23. The van der Waals surface area contributed by atoms with Gasteiger partial charge < -0.3 is 10.6 Å². The number of hydrogen-bond acceptors (Lipinski definition) is 4. The van der Waals surface area contributed by atoms with Gasteiger partial charge in [-0.25, -0.2) is 0 Å². The molecule has 0 radical (unpaired) electrons. The minimum absolute atomic E-state index is 0.0216. The van der Waals surface area contributed by atoms with Crippen molar-refractivity contribution in [3.05, 3.63) is 69.3 Å². The van der Waals surface area contributed by atoms with Crippen molar-refractivity contribution < 1.29 is 9.72 Å². The van der Waals surface area contributed by atoms with Gasteiger partial charge in [-0.1, -0.05) is 29.8 Å². The van der Waals surface area contributed by atoms with Gasteiger partial charge in [0.1, 0.15) is 5.69 Å². The highest BCUT2D eigenvalue weighted by Gasteiger charge is 2.12. The second-order valence-electron chi connectivity index (χ2n) is 5.28. The van der Waals surface area contributed by atoms with E-state index in [9.17, 15) is 14.9 Å². The molecule has 0 unspecified atom stereocenters. The lowest BCUT2D eigenvalue weighted by atomic mass is 10.1. The van der Waals surface area contributed by atoms with Crippen LogP contribution < -0.4 is 10.6 Å². The summed E-state index contributed by atoms with van der Waals surface area (Å²) in [5.74, 6) is -0.143. The van der Waals surface area contributed by atoms with Gasteiger partial charge in [0, 0.05) is 24.7 Å². The second-order valence-corrected chi connectivity index (χ2v) is 5.28. The molecule has 120 valence electrons. The number of aryl methyl sites for hydroxylation is 2. The van der Waals surface area contributed by atoms with E-state index in [-0.39, 0.29) is 11.6 Å².